The van der Waals surface area contributed by atoms with Crippen molar-refractivity contribution in [1.29, 1.82) is 0 Å². The van der Waals surface area contributed by atoms with Crippen LogP contribution in [0.5, 0.6) is 0 Å². The molecular formula is C23H24ClN5O2S. The minimum atomic E-state index is -0.236. The van der Waals surface area contributed by atoms with Gasteiger partial charge in [0, 0.05) is 23.7 Å². The van der Waals surface area contributed by atoms with Crippen LogP contribution in [0.2, 0.25) is 5.02 Å². The number of fused-ring (bicyclic) bond motifs is 1. The van der Waals surface area contributed by atoms with Crippen molar-refractivity contribution in [1.82, 2.24) is 20.1 Å². The zero-order chi connectivity index (χ0) is 22.7. The zero-order valence-electron chi connectivity index (χ0n) is 17.9. The molecule has 1 unspecified atom stereocenters. The smallest absolute Gasteiger partial charge is 0.257 e. The largest absolute Gasteiger partial charge is 0.349 e. The summed E-state index contributed by atoms with van der Waals surface area (Å²) in [5.74, 6) is 0.768. The lowest BCUT2D eigenvalue weighted by Gasteiger charge is -2.23. The second-order valence-corrected chi connectivity index (χ2v) is 9.10. The number of aromatic nitrogens is 3. The first kappa shape index (κ1) is 22.4. The van der Waals surface area contributed by atoms with Crippen molar-refractivity contribution in [3.8, 4) is 5.82 Å². The van der Waals surface area contributed by atoms with Gasteiger partial charge in [-0.1, -0.05) is 29.8 Å². The van der Waals surface area contributed by atoms with Crippen LogP contribution in [-0.4, -0.2) is 44.6 Å². The lowest BCUT2D eigenvalue weighted by molar-refractivity contribution is -0.113. The van der Waals surface area contributed by atoms with Crippen molar-refractivity contribution in [3.05, 3.63) is 70.0 Å². The molecule has 3 heterocycles. The van der Waals surface area contributed by atoms with E-state index in [0.717, 1.165) is 24.0 Å². The lowest BCUT2D eigenvalue weighted by Crippen LogP contribution is -2.41. The van der Waals surface area contributed by atoms with Gasteiger partial charge in [-0.3, -0.25) is 9.59 Å². The van der Waals surface area contributed by atoms with E-state index < -0.39 is 0 Å². The number of aryl methyl sites for hydroxylation is 2. The highest BCUT2D eigenvalue weighted by Crippen LogP contribution is 2.28. The molecule has 3 aromatic rings. The Morgan fingerprint density at radius 1 is 1.34 bits per heavy atom. The predicted molar refractivity (Wildman–Crippen MR) is 128 cm³/mol. The monoisotopic (exact) mass is 469 g/mol. The summed E-state index contributed by atoms with van der Waals surface area (Å²) in [4.78, 5) is 29.8. The van der Waals surface area contributed by atoms with Gasteiger partial charge in [0.1, 0.15) is 5.56 Å². The number of carbonyl (C=O) groups excluding carboxylic acids is 2. The molecule has 2 amide bonds. The Bertz CT molecular complexity index is 1150. The number of benzene rings is 1. The van der Waals surface area contributed by atoms with Crippen LogP contribution in [0.3, 0.4) is 0 Å². The van der Waals surface area contributed by atoms with Crippen molar-refractivity contribution >= 4 is 41.0 Å². The van der Waals surface area contributed by atoms with E-state index in [9.17, 15) is 9.59 Å². The maximum Gasteiger partial charge on any atom is 0.257 e. The number of halogens is 1. The molecule has 32 heavy (non-hydrogen) atoms. The average molecular weight is 470 g/mol. The van der Waals surface area contributed by atoms with E-state index in [1.165, 1.54) is 11.8 Å². The minimum Gasteiger partial charge on any atom is -0.349 e. The van der Waals surface area contributed by atoms with Crippen LogP contribution in [0.15, 0.2) is 42.6 Å². The Hall–Kier alpha value is -2.84. The summed E-state index contributed by atoms with van der Waals surface area (Å²) in [6.45, 7) is 1.95. The van der Waals surface area contributed by atoms with E-state index in [4.69, 9.17) is 11.6 Å². The first-order valence-corrected chi connectivity index (χ1v) is 12.1. The average Bonchev–Trinajstić information content (AvgIpc) is 3.11. The van der Waals surface area contributed by atoms with Crippen LogP contribution in [0.4, 0.5) is 5.82 Å². The summed E-state index contributed by atoms with van der Waals surface area (Å²) in [5, 5.41) is 11.3. The van der Waals surface area contributed by atoms with Gasteiger partial charge in [-0.25, -0.2) is 4.98 Å². The number of thioether (sulfide) groups is 1. The molecule has 166 valence electrons. The molecule has 2 aromatic heterocycles. The van der Waals surface area contributed by atoms with Gasteiger partial charge in [-0.15, -0.1) is 0 Å². The molecule has 1 atom stereocenters. The fourth-order valence-electron chi connectivity index (χ4n) is 3.76. The fraction of sp³-hybridized carbons (Fsp3) is 0.304. The molecule has 7 nitrogen and oxygen atoms in total. The van der Waals surface area contributed by atoms with Crippen molar-refractivity contribution in [3.63, 3.8) is 0 Å². The first-order chi connectivity index (χ1) is 15.4. The number of nitrogens with zero attached hydrogens (tertiary/aromatic N) is 3. The summed E-state index contributed by atoms with van der Waals surface area (Å²) in [5.41, 5.74) is 3.20. The lowest BCUT2D eigenvalue weighted by atomic mass is 9.96. The molecule has 0 radical (unpaired) electrons. The Morgan fingerprint density at radius 3 is 2.91 bits per heavy atom. The Kier molecular flexibility index (Phi) is 6.81. The SMILES string of the molecule is CSCC(=O)Nc1c2c(nn1-c1ccc(C)cn1)CC(CCc1cccc(Cl)c1)NC2=O. The number of pyridine rings is 1. The number of rotatable bonds is 7. The van der Waals surface area contributed by atoms with E-state index in [1.807, 2.05) is 49.6 Å². The van der Waals surface area contributed by atoms with Crippen LogP contribution < -0.4 is 10.6 Å². The molecule has 9 heteroatoms. The standard InChI is InChI=1S/C23H24ClN5O2S/c1-14-6-9-19(25-12-14)29-22(27-20(30)13-32-2)21-18(28-29)11-17(26-23(21)31)8-7-15-4-3-5-16(24)10-15/h3-6,9-10,12,17H,7-8,11,13H2,1-2H3,(H,26,31)(H,27,30). The molecule has 0 spiro atoms. The molecule has 2 N–H and O–H groups in total. The first-order valence-electron chi connectivity index (χ1n) is 10.3. The number of amides is 2. The van der Waals surface area contributed by atoms with Gasteiger partial charge in [0.15, 0.2) is 11.6 Å². The summed E-state index contributed by atoms with van der Waals surface area (Å²) in [6, 6.07) is 11.4. The maximum absolute atomic E-state index is 13.1. The van der Waals surface area contributed by atoms with Crippen LogP contribution in [0, 0.1) is 6.92 Å². The molecule has 1 aliphatic heterocycles. The summed E-state index contributed by atoms with van der Waals surface area (Å²) in [6.07, 6.45) is 5.71. The maximum atomic E-state index is 13.1. The van der Waals surface area contributed by atoms with Crippen LogP contribution >= 0.6 is 23.4 Å². The summed E-state index contributed by atoms with van der Waals surface area (Å²) >= 11 is 7.50. The molecule has 1 aromatic carbocycles. The van der Waals surface area contributed by atoms with Gasteiger partial charge in [-0.05, 0) is 55.3 Å². The highest BCUT2D eigenvalue weighted by atomic mass is 35.5. The number of anilines is 1. The van der Waals surface area contributed by atoms with E-state index in [-0.39, 0.29) is 23.6 Å². The van der Waals surface area contributed by atoms with Crippen LogP contribution in [0.1, 0.15) is 33.6 Å². The Balaban J connectivity index is 1.62. The van der Waals surface area contributed by atoms with Crippen LogP contribution in [-0.2, 0) is 17.6 Å². The molecule has 0 bridgehead atoms. The third-order valence-corrected chi connectivity index (χ3v) is 6.06. The Labute approximate surface area is 196 Å². The van der Waals surface area contributed by atoms with Crippen molar-refractivity contribution in [2.24, 2.45) is 0 Å². The van der Waals surface area contributed by atoms with Gasteiger partial charge in [0.2, 0.25) is 5.91 Å². The van der Waals surface area contributed by atoms with Crippen molar-refractivity contribution in [2.45, 2.75) is 32.2 Å². The molecule has 0 saturated heterocycles. The van der Waals surface area contributed by atoms with Crippen molar-refractivity contribution in [2.75, 3.05) is 17.3 Å². The molecule has 1 aliphatic rings. The minimum absolute atomic E-state index is 0.0574. The Morgan fingerprint density at radius 2 is 2.19 bits per heavy atom. The topological polar surface area (TPSA) is 88.9 Å². The summed E-state index contributed by atoms with van der Waals surface area (Å²) in [7, 11) is 0. The number of hydrogen-bond donors (Lipinski definition) is 2. The quantitative estimate of drug-likeness (QED) is 0.549. The van der Waals surface area contributed by atoms with Gasteiger partial charge < -0.3 is 10.6 Å². The molecule has 0 fully saturated rings. The number of nitrogens with one attached hydrogen (secondary N) is 2. The van der Waals surface area contributed by atoms with Gasteiger partial charge in [-0.2, -0.15) is 21.5 Å². The highest BCUT2D eigenvalue weighted by molar-refractivity contribution is 7.99. The molecule has 4 rings (SSSR count). The van der Waals surface area contributed by atoms with Gasteiger partial charge in [0.25, 0.3) is 5.91 Å². The van der Waals surface area contributed by atoms with E-state index in [1.54, 1.807) is 10.9 Å². The van der Waals surface area contributed by atoms with E-state index >= 15 is 0 Å². The van der Waals surface area contributed by atoms with E-state index in [2.05, 4.69) is 20.7 Å². The predicted octanol–water partition coefficient (Wildman–Crippen LogP) is 3.82. The number of carbonyl (C=O) groups is 2. The fourth-order valence-corrected chi connectivity index (χ4v) is 4.31. The zero-order valence-corrected chi connectivity index (χ0v) is 19.5. The molecule has 0 aliphatic carbocycles. The third-order valence-electron chi connectivity index (χ3n) is 5.28. The van der Waals surface area contributed by atoms with Gasteiger partial charge in [0.05, 0.1) is 11.4 Å². The number of hydrogen-bond acceptors (Lipinski definition) is 5. The second kappa shape index (κ2) is 9.75. The molecular weight excluding hydrogens is 446 g/mol. The third kappa shape index (κ3) is 4.97. The van der Waals surface area contributed by atoms with Crippen LogP contribution in [0.25, 0.3) is 5.82 Å². The highest BCUT2D eigenvalue weighted by Gasteiger charge is 2.32. The van der Waals surface area contributed by atoms with E-state index in [0.29, 0.717) is 34.3 Å². The van der Waals surface area contributed by atoms with Crippen molar-refractivity contribution < 1.29 is 9.59 Å². The summed E-state index contributed by atoms with van der Waals surface area (Å²) < 4.78 is 1.56. The normalized spacial score (nSPS) is 15.2. The second-order valence-electron chi connectivity index (χ2n) is 7.80. The molecule has 0 saturated carbocycles. The van der Waals surface area contributed by atoms with Gasteiger partial charge >= 0.3 is 0 Å².